The van der Waals surface area contributed by atoms with Gasteiger partial charge in [0.2, 0.25) is 12.7 Å². The zero-order valence-electron chi connectivity index (χ0n) is 14.3. The molecule has 1 aliphatic heterocycles. The number of hydrogen-bond acceptors (Lipinski definition) is 6. The van der Waals surface area contributed by atoms with Crippen LogP contribution in [-0.2, 0) is 11.2 Å². The van der Waals surface area contributed by atoms with Crippen molar-refractivity contribution >= 4 is 17.8 Å². The minimum Gasteiger partial charge on any atom is -0.454 e. The summed E-state index contributed by atoms with van der Waals surface area (Å²) in [6.45, 7) is 3.90. The van der Waals surface area contributed by atoms with Crippen molar-refractivity contribution in [1.82, 2.24) is 5.43 Å². The number of benzene rings is 2. The van der Waals surface area contributed by atoms with Crippen molar-refractivity contribution in [2.24, 2.45) is 5.10 Å². The molecule has 0 aromatic heterocycles. The minimum absolute atomic E-state index is 0.0136. The van der Waals surface area contributed by atoms with Crippen molar-refractivity contribution < 1.29 is 19.2 Å². The molecule has 0 saturated carbocycles. The second-order valence-corrected chi connectivity index (χ2v) is 5.92. The van der Waals surface area contributed by atoms with Crippen LogP contribution in [0, 0.1) is 24.0 Å². The number of rotatable bonds is 5. The molecule has 1 heterocycles. The van der Waals surface area contributed by atoms with Gasteiger partial charge in [-0.3, -0.25) is 14.9 Å². The second-order valence-electron chi connectivity index (χ2n) is 5.92. The number of fused-ring (bicyclic) bond motifs is 1. The number of hydrazone groups is 1. The SMILES string of the molecule is Cc1ccc(C)c(CC(=O)N/N=C\c2cc3c(cc2[N+](=O)[O-])OCO3)c1. The maximum Gasteiger partial charge on any atom is 0.282 e. The molecule has 26 heavy (non-hydrogen) atoms. The lowest BCUT2D eigenvalue weighted by atomic mass is 10.0. The molecule has 2 aromatic carbocycles. The highest BCUT2D eigenvalue weighted by Gasteiger charge is 2.22. The molecule has 0 aliphatic carbocycles. The summed E-state index contributed by atoms with van der Waals surface area (Å²) in [4.78, 5) is 22.7. The average molecular weight is 355 g/mol. The summed E-state index contributed by atoms with van der Waals surface area (Å²) in [6.07, 6.45) is 1.40. The largest absolute Gasteiger partial charge is 0.454 e. The van der Waals surface area contributed by atoms with Crippen LogP contribution in [0.1, 0.15) is 22.3 Å². The second kappa shape index (κ2) is 7.22. The van der Waals surface area contributed by atoms with Gasteiger partial charge < -0.3 is 9.47 Å². The van der Waals surface area contributed by atoms with E-state index in [9.17, 15) is 14.9 Å². The van der Waals surface area contributed by atoms with E-state index in [-0.39, 0.29) is 30.4 Å². The van der Waals surface area contributed by atoms with Gasteiger partial charge in [-0.1, -0.05) is 23.8 Å². The van der Waals surface area contributed by atoms with Crippen molar-refractivity contribution in [2.75, 3.05) is 6.79 Å². The van der Waals surface area contributed by atoms with E-state index in [1.807, 2.05) is 32.0 Å². The van der Waals surface area contributed by atoms with Crippen LogP contribution in [0.2, 0.25) is 0 Å². The van der Waals surface area contributed by atoms with Gasteiger partial charge in [0.05, 0.1) is 29.2 Å². The van der Waals surface area contributed by atoms with Crippen LogP contribution < -0.4 is 14.9 Å². The van der Waals surface area contributed by atoms with Gasteiger partial charge in [0.1, 0.15) is 0 Å². The summed E-state index contributed by atoms with van der Waals surface area (Å²) in [5.41, 5.74) is 5.42. The number of aryl methyl sites for hydroxylation is 2. The molecule has 134 valence electrons. The van der Waals surface area contributed by atoms with E-state index in [2.05, 4.69) is 10.5 Å². The molecule has 1 amide bonds. The number of carbonyl (C=O) groups excluding carboxylic acids is 1. The van der Waals surface area contributed by atoms with Crippen LogP contribution in [0.25, 0.3) is 0 Å². The van der Waals surface area contributed by atoms with Gasteiger partial charge >= 0.3 is 0 Å². The first kappa shape index (κ1) is 17.4. The summed E-state index contributed by atoms with van der Waals surface area (Å²) >= 11 is 0. The normalized spacial score (nSPS) is 12.4. The van der Waals surface area contributed by atoms with E-state index in [1.54, 1.807) is 0 Å². The van der Waals surface area contributed by atoms with Gasteiger partial charge in [-0.25, -0.2) is 5.43 Å². The fourth-order valence-corrected chi connectivity index (χ4v) is 2.59. The Bertz CT molecular complexity index is 908. The summed E-state index contributed by atoms with van der Waals surface area (Å²) in [5, 5.41) is 15.0. The van der Waals surface area contributed by atoms with E-state index in [0.29, 0.717) is 11.5 Å². The maximum absolute atomic E-state index is 12.1. The summed E-state index contributed by atoms with van der Waals surface area (Å²) in [6, 6.07) is 8.62. The molecular formula is C18H17N3O5. The zero-order chi connectivity index (χ0) is 18.7. The molecule has 0 radical (unpaired) electrons. The third-order valence-electron chi connectivity index (χ3n) is 3.97. The number of nitrogens with one attached hydrogen (secondary N) is 1. The van der Waals surface area contributed by atoms with Crippen LogP contribution in [-0.4, -0.2) is 23.8 Å². The third-order valence-corrected chi connectivity index (χ3v) is 3.97. The Labute approximate surface area is 149 Å². The van der Waals surface area contributed by atoms with Crippen LogP contribution in [0.4, 0.5) is 5.69 Å². The zero-order valence-corrected chi connectivity index (χ0v) is 14.3. The number of nitrogens with zero attached hydrogens (tertiary/aromatic N) is 2. The Hall–Kier alpha value is -3.42. The fourth-order valence-electron chi connectivity index (χ4n) is 2.59. The average Bonchev–Trinajstić information content (AvgIpc) is 3.04. The summed E-state index contributed by atoms with van der Waals surface area (Å²) < 4.78 is 10.3. The number of nitro groups is 1. The molecule has 0 bridgehead atoms. The van der Waals surface area contributed by atoms with Crippen molar-refractivity contribution in [3.8, 4) is 11.5 Å². The van der Waals surface area contributed by atoms with E-state index in [1.165, 1.54) is 18.3 Å². The number of carbonyl (C=O) groups is 1. The minimum atomic E-state index is -0.540. The highest BCUT2D eigenvalue weighted by molar-refractivity contribution is 5.88. The molecule has 8 heteroatoms. The first-order valence-corrected chi connectivity index (χ1v) is 7.90. The van der Waals surface area contributed by atoms with Crippen LogP contribution in [0.15, 0.2) is 35.4 Å². The Morgan fingerprint density at radius 2 is 2.00 bits per heavy atom. The predicted molar refractivity (Wildman–Crippen MR) is 94.6 cm³/mol. The van der Waals surface area contributed by atoms with Gasteiger partial charge in [-0.2, -0.15) is 5.10 Å². The standard InChI is InChI=1S/C18H17N3O5/c1-11-3-4-12(2)13(5-11)7-18(22)20-19-9-14-6-16-17(26-10-25-16)8-15(14)21(23)24/h3-6,8-9H,7,10H2,1-2H3,(H,20,22)/b19-9-. The van der Waals surface area contributed by atoms with E-state index in [4.69, 9.17) is 9.47 Å². The Morgan fingerprint density at radius 3 is 2.73 bits per heavy atom. The highest BCUT2D eigenvalue weighted by atomic mass is 16.7. The van der Waals surface area contributed by atoms with E-state index in [0.717, 1.165) is 16.7 Å². The van der Waals surface area contributed by atoms with Gasteiger partial charge in [-0.05, 0) is 31.0 Å². The molecule has 0 unspecified atom stereocenters. The van der Waals surface area contributed by atoms with E-state index >= 15 is 0 Å². The smallest absolute Gasteiger partial charge is 0.282 e. The lowest BCUT2D eigenvalue weighted by molar-refractivity contribution is -0.385. The topological polar surface area (TPSA) is 103 Å². The highest BCUT2D eigenvalue weighted by Crippen LogP contribution is 2.37. The van der Waals surface area contributed by atoms with Gasteiger partial charge in [0, 0.05) is 0 Å². The lowest BCUT2D eigenvalue weighted by Crippen LogP contribution is -2.20. The maximum atomic E-state index is 12.1. The lowest BCUT2D eigenvalue weighted by Gasteiger charge is -2.06. The van der Waals surface area contributed by atoms with Gasteiger partial charge in [-0.15, -0.1) is 0 Å². The third kappa shape index (κ3) is 3.80. The van der Waals surface area contributed by atoms with E-state index < -0.39 is 4.92 Å². The van der Waals surface area contributed by atoms with Crippen molar-refractivity contribution in [1.29, 1.82) is 0 Å². The Balaban J connectivity index is 1.71. The molecule has 0 atom stereocenters. The van der Waals surface area contributed by atoms with Crippen LogP contribution in [0.5, 0.6) is 11.5 Å². The van der Waals surface area contributed by atoms with Crippen molar-refractivity contribution in [3.63, 3.8) is 0 Å². The number of amides is 1. The molecule has 1 aliphatic rings. The van der Waals surface area contributed by atoms with Crippen molar-refractivity contribution in [2.45, 2.75) is 20.3 Å². The molecule has 0 saturated heterocycles. The van der Waals surface area contributed by atoms with Crippen LogP contribution >= 0.6 is 0 Å². The van der Waals surface area contributed by atoms with Crippen molar-refractivity contribution in [3.05, 3.63) is 62.7 Å². The first-order valence-electron chi connectivity index (χ1n) is 7.90. The quantitative estimate of drug-likeness (QED) is 0.504. The predicted octanol–water partition coefficient (Wildman–Crippen LogP) is 2.63. The molecule has 0 fully saturated rings. The van der Waals surface area contributed by atoms with Crippen LogP contribution in [0.3, 0.4) is 0 Å². The first-order chi connectivity index (χ1) is 12.4. The molecule has 3 rings (SSSR count). The molecule has 1 N–H and O–H groups in total. The summed E-state index contributed by atoms with van der Waals surface area (Å²) in [7, 11) is 0. The number of hydrogen-bond donors (Lipinski definition) is 1. The molecule has 2 aromatic rings. The van der Waals surface area contributed by atoms with Gasteiger partial charge in [0.15, 0.2) is 11.5 Å². The number of ether oxygens (including phenoxy) is 2. The fraction of sp³-hybridized carbons (Fsp3) is 0.222. The van der Waals surface area contributed by atoms with Gasteiger partial charge in [0.25, 0.3) is 5.69 Å². The monoisotopic (exact) mass is 355 g/mol. The molecular weight excluding hydrogens is 338 g/mol. The summed E-state index contributed by atoms with van der Waals surface area (Å²) in [5.74, 6) is 0.407. The Kier molecular flexibility index (Phi) is 4.83. The molecule has 8 nitrogen and oxygen atoms in total. The molecule has 0 spiro atoms. The number of nitro benzene ring substituents is 1. The Morgan fingerprint density at radius 1 is 1.27 bits per heavy atom.